The lowest BCUT2D eigenvalue weighted by atomic mass is 9.79. The van der Waals surface area contributed by atoms with Crippen LogP contribution in [0.25, 0.3) is 0 Å². The van der Waals surface area contributed by atoms with E-state index in [4.69, 9.17) is 0 Å². The first-order valence-electron chi connectivity index (χ1n) is 13.9. The monoisotopic (exact) mass is 518 g/mol. The van der Waals surface area contributed by atoms with Crippen LogP contribution in [-0.4, -0.2) is 64.9 Å². The molecule has 0 bridgehead atoms. The first-order chi connectivity index (χ1) is 18.4. The van der Waals surface area contributed by atoms with Crippen LogP contribution < -0.4 is 10.6 Å². The summed E-state index contributed by atoms with van der Waals surface area (Å²) in [6, 6.07) is 14.1. The van der Waals surface area contributed by atoms with E-state index in [0.29, 0.717) is 23.7 Å². The minimum atomic E-state index is -1.04. The number of piperidine rings is 2. The maximum absolute atomic E-state index is 13.5. The number of carboxylic acids is 1. The molecule has 2 unspecified atom stereocenters. The highest BCUT2D eigenvalue weighted by molar-refractivity contribution is 5.96. The van der Waals surface area contributed by atoms with Crippen LogP contribution >= 0.6 is 0 Å². The van der Waals surface area contributed by atoms with E-state index >= 15 is 0 Å². The Labute approximate surface area is 224 Å². The average molecular weight is 519 g/mol. The molecule has 0 spiro atoms. The molecule has 202 valence electrons. The Morgan fingerprint density at radius 1 is 1.00 bits per heavy atom. The molecule has 0 saturated carbocycles. The van der Waals surface area contributed by atoms with E-state index in [1.54, 1.807) is 11.0 Å². The fourth-order valence-corrected chi connectivity index (χ4v) is 6.33. The minimum Gasteiger partial charge on any atom is -0.481 e. The summed E-state index contributed by atoms with van der Waals surface area (Å²) in [5.41, 5.74) is 3.11. The maximum Gasteiger partial charge on any atom is 0.305 e. The number of fused-ring (bicyclic) bond motifs is 1. The van der Waals surface area contributed by atoms with Crippen molar-refractivity contribution >= 4 is 23.5 Å². The summed E-state index contributed by atoms with van der Waals surface area (Å²) in [4.78, 5) is 42.3. The van der Waals surface area contributed by atoms with Gasteiger partial charge in [0.1, 0.15) is 6.04 Å². The lowest BCUT2D eigenvalue weighted by Crippen LogP contribution is -2.42. The Hall–Kier alpha value is -3.39. The summed E-state index contributed by atoms with van der Waals surface area (Å²) in [7, 11) is 0. The van der Waals surface area contributed by atoms with Gasteiger partial charge in [-0.2, -0.15) is 0 Å². The van der Waals surface area contributed by atoms with Gasteiger partial charge in [0, 0.05) is 30.9 Å². The molecule has 2 atom stereocenters. The van der Waals surface area contributed by atoms with Crippen molar-refractivity contribution in [2.45, 2.75) is 57.7 Å². The zero-order valence-electron chi connectivity index (χ0n) is 22.1. The number of aliphatic carboxylic acids is 1. The predicted octanol–water partition coefficient (Wildman–Crippen LogP) is 3.90. The second kappa shape index (κ2) is 11.6. The maximum atomic E-state index is 13.5. The zero-order chi connectivity index (χ0) is 26.6. The smallest absolute Gasteiger partial charge is 0.305 e. The van der Waals surface area contributed by atoms with Crippen LogP contribution in [0, 0.1) is 11.8 Å². The summed E-state index contributed by atoms with van der Waals surface area (Å²) >= 11 is 0. The van der Waals surface area contributed by atoms with E-state index in [-0.39, 0.29) is 24.3 Å². The van der Waals surface area contributed by atoms with Crippen molar-refractivity contribution in [2.75, 3.05) is 31.5 Å². The Kier molecular flexibility index (Phi) is 7.98. The predicted molar refractivity (Wildman–Crippen MR) is 146 cm³/mol. The molecule has 38 heavy (non-hydrogen) atoms. The molecular weight excluding hydrogens is 480 g/mol. The van der Waals surface area contributed by atoms with E-state index in [1.807, 2.05) is 54.3 Å². The van der Waals surface area contributed by atoms with Crippen molar-refractivity contribution in [2.24, 2.45) is 11.8 Å². The van der Waals surface area contributed by atoms with Gasteiger partial charge in [-0.3, -0.25) is 14.4 Å². The number of carboxylic acid groups (broad SMARTS) is 1. The molecule has 2 aromatic rings. The van der Waals surface area contributed by atoms with Crippen LogP contribution in [0.4, 0.5) is 5.69 Å². The van der Waals surface area contributed by atoms with Gasteiger partial charge in [-0.25, -0.2) is 0 Å². The third kappa shape index (κ3) is 5.70. The quantitative estimate of drug-likeness (QED) is 0.536. The second-order valence-corrected chi connectivity index (χ2v) is 10.9. The van der Waals surface area contributed by atoms with Crippen LogP contribution in [-0.2, 0) is 16.1 Å². The third-order valence-electron chi connectivity index (χ3n) is 8.61. The molecule has 8 nitrogen and oxygen atoms in total. The molecule has 5 rings (SSSR count). The van der Waals surface area contributed by atoms with Crippen molar-refractivity contribution in [3.05, 3.63) is 65.2 Å². The zero-order valence-corrected chi connectivity index (χ0v) is 22.1. The van der Waals surface area contributed by atoms with E-state index in [2.05, 4.69) is 10.6 Å². The van der Waals surface area contributed by atoms with E-state index in [0.717, 1.165) is 56.1 Å². The van der Waals surface area contributed by atoms with Crippen LogP contribution in [0.3, 0.4) is 0 Å². The molecule has 0 radical (unpaired) electrons. The first-order valence-corrected chi connectivity index (χ1v) is 13.9. The largest absolute Gasteiger partial charge is 0.481 e. The standard InChI is InChI=1S/C30H38N4O4/c1-20(21-5-3-2-4-6-21)34-19-25-17-24(7-8-26(25)32-27(30(34)38)18-28(35)36)29(37)33-15-11-23(12-16-33)22-9-13-31-14-10-22/h2-8,17,20,22-23,27,31-32H,9-16,18-19H2,1H3,(H,35,36). The van der Waals surface area contributed by atoms with Gasteiger partial charge in [-0.05, 0) is 86.9 Å². The molecule has 2 amide bonds. The Balaban J connectivity index is 1.35. The van der Waals surface area contributed by atoms with Crippen molar-refractivity contribution in [3.8, 4) is 0 Å². The Morgan fingerprint density at radius 3 is 2.37 bits per heavy atom. The van der Waals surface area contributed by atoms with Gasteiger partial charge in [-0.1, -0.05) is 30.3 Å². The average Bonchev–Trinajstić information content (AvgIpc) is 3.08. The number of nitrogens with zero attached hydrogens (tertiary/aromatic N) is 2. The van der Waals surface area contributed by atoms with Crippen molar-refractivity contribution < 1.29 is 19.5 Å². The van der Waals surface area contributed by atoms with E-state index < -0.39 is 12.0 Å². The highest BCUT2D eigenvalue weighted by Gasteiger charge is 2.35. The normalized spacial score (nSPS) is 21.8. The number of hydrogen-bond acceptors (Lipinski definition) is 5. The number of likely N-dealkylation sites (tertiary alicyclic amines) is 1. The summed E-state index contributed by atoms with van der Waals surface area (Å²) in [5, 5.41) is 16.1. The molecule has 0 aliphatic carbocycles. The summed E-state index contributed by atoms with van der Waals surface area (Å²) in [6.45, 7) is 6.01. The van der Waals surface area contributed by atoms with Gasteiger partial charge >= 0.3 is 5.97 Å². The molecule has 3 N–H and O–H groups in total. The molecular formula is C30H38N4O4. The van der Waals surface area contributed by atoms with Gasteiger partial charge in [-0.15, -0.1) is 0 Å². The van der Waals surface area contributed by atoms with Crippen LogP contribution in [0.15, 0.2) is 48.5 Å². The summed E-state index contributed by atoms with van der Waals surface area (Å²) in [5.74, 6) is 0.194. The molecule has 3 aliphatic heterocycles. The van der Waals surface area contributed by atoms with E-state index in [1.165, 1.54) is 12.8 Å². The highest BCUT2D eigenvalue weighted by atomic mass is 16.4. The molecule has 2 fully saturated rings. The molecule has 3 aliphatic rings. The number of benzene rings is 2. The lowest BCUT2D eigenvalue weighted by Gasteiger charge is -2.38. The number of nitrogens with one attached hydrogen (secondary N) is 2. The number of carbonyl (C=O) groups excluding carboxylic acids is 2. The molecule has 0 aromatic heterocycles. The Morgan fingerprint density at radius 2 is 1.68 bits per heavy atom. The SMILES string of the molecule is CC(c1ccccc1)N1Cc2cc(C(=O)N3CCC(C4CCNCC4)CC3)ccc2NC(CC(=O)O)C1=O. The van der Waals surface area contributed by atoms with Crippen molar-refractivity contribution in [1.29, 1.82) is 0 Å². The topological polar surface area (TPSA) is 102 Å². The third-order valence-corrected chi connectivity index (χ3v) is 8.61. The van der Waals surface area contributed by atoms with Crippen LogP contribution in [0.2, 0.25) is 0 Å². The molecule has 3 heterocycles. The fraction of sp³-hybridized carbons (Fsp3) is 0.500. The number of rotatable bonds is 6. The fourth-order valence-electron chi connectivity index (χ4n) is 6.33. The van der Waals surface area contributed by atoms with Gasteiger partial charge in [0.05, 0.1) is 12.5 Å². The van der Waals surface area contributed by atoms with Crippen molar-refractivity contribution in [1.82, 2.24) is 15.1 Å². The van der Waals surface area contributed by atoms with Gasteiger partial charge in [0.2, 0.25) is 5.91 Å². The van der Waals surface area contributed by atoms with Crippen LogP contribution in [0.5, 0.6) is 0 Å². The first kappa shape index (κ1) is 26.2. The Bertz CT molecular complexity index is 1160. The molecule has 2 aromatic carbocycles. The van der Waals surface area contributed by atoms with Gasteiger partial charge in [0.15, 0.2) is 0 Å². The number of amides is 2. The highest BCUT2D eigenvalue weighted by Crippen LogP contribution is 2.33. The lowest BCUT2D eigenvalue weighted by molar-refractivity contribution is -0.142. The number of hydrogen-bond donors (Lipinski definition) is 3. The van der Waals surface area contributed by atoms with E-state index in [9.17, 15) is 19.5 Å². The second-order valence-electron chi connectivity index (χ2n) is 10.9. The summed E-state index contributed by atoms with van der Waals surface area (Å²) < 4.78 is 0. The number of anilines is 1. The molecule has 8 heteroatoms. The van der Waals surface area contributed by atoms with Gasteiger partial charge < -0.3 is 25.5 Å². The van der Waals surface area contributed by atoms with Crippen molar-refractivity contribution in [3.63, 3.8) is 0 Å². The van der Waals surface area contributed by atoms with Crippen LogP contribution in [0.1, 0.15) is 66.6 Å². The van der Waals surface area contributed by atoms with Gasteiger partial charge in [0.25, 0.3) is 5.91 Å². The number of carbonyl (C=O) groups is 3. The minimum absolute atomic E-state index is 0.0249. The molecule has 2 saturated heterocycles. The summed E-state index contributed by atoms with van der Waals surface area (Å²) in [6.07, 6.45) is 4.25.